The summed E-state index contributed by atoms with van der Waals surface area (Å²) in [6.45, 7) is 1.65. The Balaban J connectivity index is 1.49. The van der Waals surface area contributed by atoms with Gasteiger partial charge in [-0.15, -0.1) is 0 Å². The van der Waals surface area contributed by atoms with Gasteiger partial charge in [0, 0.05) is 30.3 Å². The van der Waals surface area contributed by atoms with Gasteiger partial charge >= 0.3 is 0 Å². The minimum absolute atomic E-state index is 0.129. The van der Waals surface area contributed by atoms with Crippen LogP contribution in [0.15, 0.2) is 40.4 Å². The van der Waals surface area contributed by atoms with Crippen LogP contribution in [0.2, 0.25) is 5.02 Å². The van der Waals surface area contributed by atoms with Gasteiger partial charge in [-0.2, -0.15) is 5.10 Å². The molecule has 2 aliphatic rings. The van der Waals surface area contributed by atoms with Crippen LogP contribution in [0.5, 0.6) is 0 Å². The molecule has 1 aromatic carbocycles. The Morgan fingerprint density at radius 1 is 1.24 bits per heavy atom. The number of likely N-dealkylation sites (tertiary alicyclic amines) is 1. The third-order valence-electron chi connectivity index (χ3n) is 5.54. The topological polar surface area (TPSA) is 73.0 Å². The quantitative estimate of drug-likeness (QED) is 0.597. The third-order valence-corrected chi connectivity index (χ3v) is 6.88. The van der Waals surface area contributed by atoms with E-state index in [-0.39, 0.29) is 17.5 Å². The maximum absolute atomic E-state index is 13.2. The van der Waals surface area contributed by atoms with Crippen molar-refractivity contribution in [3.8, 4) is 5.69 Å². The summed E-state index contributed by atoms with van der Waals surface area (Å²) in [5.74, 6) is 0.809. The Labute approximate surface area is 176 Å². The molecule has 1 fully saturated rings. The Morgan fingerprint density at radius 3 is 2.86 bits per heavy atom. The van der Waals surface area contributed by atoms with Crippen molar-refractivity contribution < 1.29 is 4.79 Å². The van der Waals surface area contributed by atoms with E-state index in [1.807, 2.05) is 17.0 Å². The molecule has 0 bridgehead atoms. The number of aromatic nitrogens is 4. The summed E-state index contributed by atoms with van der Waals surface area (Å²) in [6, 6.07) is 7.12. The highest BCUT2D eigenvalue weighted by Gasteiger charge is 2.31. The number of fused-ring (bicyclic) bond motifs is 2. The molecule has 1 atom stereocenters. The van der Waals surface area contributed by atoms with E-state index in [1.54, 1.807) is 27.6 Å². The highest BCUT2D eigenvalue weighted by atomic mass is 35.5. The molecule has 29 heavy (non-hydrogen) atoms. The number of carbonyl (C=O) groups excluding carboxylic acids is 1. The van der Waals surface area contributed by atoms with Gasteiger partial charge in [-0.05, 0) is 37.5 Å². The molecule has 1 saturated heterocycles. The fourth-order valence-corrected chi connectivity index (χ4v) is 5.37. The number of nitrogens with zero attached hydrogens (tertiary/aromatic N) is 5. The summed E-state index contributed by atoms with van der Waals surface area (Å²) in [5, 5.41) is 6.05. The summed E-state index contributed by atoms with van der Waals surface area (Å²) < 4.78 is 3.31. The summed E-state index contributed by atoms with van der Waals surface area (Å²) in [5.41, 5.74) is 1.13. The molecule has 0 saturated carbocycles. The van der Waals surface area contributed by atoms with Crippen LogP contribution in [-0.4, -0.2) is 49.0 Å². The third kappa shape index (κ3) is 3.34. The summed E-state index contributed by atoms with van der Waals surface area (Å²) in [6.07, 6.45) is 5.20. The molecule has 4 heterocycles. The van der Waals surface area contributed by atoms with Crippen molar-refractivity contribution >= 4 is 40.3 Å². The summed E-state index contributed by atoms with van der Waals surface area (Å²) in [4.78, 5) is 32.6. The van der Waals surface area contributed by atoms with Crippen LogP contribution in [0.3, 0.4) is 0 Å². The zero-order valence-electron chi connectivity index (χ0n) is 15.8. The van der Waals surface area contributed by atoms with Crippen LogP contribution < -0.4 is 5.56 Å². The monoisotopic (exact) mass is 429 g/mol. The van der Waals surface area contributed by atoms with Crippen LogP contribution >= 0.6 is 23.4 Å². The lowest BCUT2D eigenvalue weighted by molar-refractivity contribution is -0.132. The van der Waals surface area contributed by atoms with Crippen molar-refractivity contribution in [1.82, 2.24) is 24.2 Å². The number of amides is 1. The number of rotatable bonds is 3. The molecular weight excluding hydrogens is 410 g/mol. The molecule has 3 aromatic rings. The van der Waals surface area contributed by atoms with Gasteiger partial charge in [0.2, 0.25) is 5.91 Å². The first-order valence-electron chi connectivity index (χ1n) is 9.78. The number of carbonyl (C=O) groups is 1. The molecule has 1 unspecified atom stereocenters. The Bertz CT molecular complexity index is 1150. The summed E-state index contributed by atoms with van der Waals surface area (Å²) >= 11 is 7.62. The normalized spacial score (nSPS) is 18.9. The molecule has 1 amide bonds. The van der Waals surface area contributed by atoms with Crippen molar-refractivity contribution in [1.29, 1.82) is 0 Å². The molecule has 0 radical (unpaired) electrons. The van der Waals surface area contributed by atoms with E-state index in [0.29, 0.717) is 33.4 Å². The van der Waals surface area contributed by atoms with E-state index in [4.69, 9.17) is 16.6 Å². The lowest BCUT2D eigenvalue weighted by Crippen LogP contribution is -2.37. The van der Waals surface area contributed by atoms with E-state index in [0.717, 1.165) is 31.6 Å². The molecule has 5 rings (SSSR count). The predicted molar refractivity (Wildman–Crippen MR) is 113 cm³/mol. The van der Waals surface area contributed by atoms with E-state index in [2.05, 4.69) is 5.10 Å². The largest absolute Gasteiger partial charge is 0.343 e. The minimum Gasteiger partial charge on any atom is -0.343 e. The van der Waals surface area contributed by atoms with Gasteiger partial charge in [0.25, 0.3) is 5.56 Å². The van der Waals surface area contributed by atoms with Crippen LogP contribution in [0.1, 0.15) is 31.7 Å². The number of hydrogen-bond acceptors (Lipinski definition) is 5. The highest BCUT2D eigenvalue weighted by Crippen LogP contribution is 2.34. The molecule has 2 aromatic heterocycles. The Hall–Kier alpha value is -2.32. The van der Waals surface area contributed by atoms with Crippen molar-refractivity contribution in [2.45, 2.75) is 36.9 Å². The number of hydrogen-bond donors (Lipinski definition) is 0. The first kappa shape index (κ1) is 18.7. The number of piperidine rings is 1. The van der Waals surface area contributed by atoms with Gasteiger partial charge in [0.1, 0.15) is 5.39 Å². The molecule has 0 spiro atoms. The van der Waals surface area contributed by atoms with E-state index >= 15 is 0 Å². The van der Waals surface area contributed by atoms with Crippen LogP contribution in [-0.2, 0) is 4.79 Å². The summed E-state index contributed by atoms with van der Waals surface area (Å²) in [7, 11) is 0. The van der Waals surface area contributed by atoms with Crippen LogP contribution in [0.25, 0.3) is 16.7 Å². The average molecular weight is 430 g/mol. The second-order valence-corrected chi connectivity index (χ2v) is 8.88. The van der Waals surface area contributed by atoms with Crippen molar-refractivity contribution in [3.63, 3.8) is 0 Å². The number of thioether (sulfide) groups is 1. The maximum Gasteiger partial charge on any atom is 0.265 e. The molecule has 9 heteroatoms. The second-order valence-electron chi connectivity index (χ2n) is 7.45. The smallest absolute Gasteiger partial charge is 0.265 e. The Kier molecular flexibility index (Phi) is 4.83. The van der Waals surface area contributed by atoms with E-state index in [1.165, 1.54) is 18.2 Å². The lowest BCUT2D eigenvalue weighted by atomic mass is 10.1. The number of halogens is 1. The minimum atomic E-state index is -0.164. The number of benzene rings is 1. The zero-order chi connectivity index (χ0) is 20.0. The van der Waals surface area contributed by atoms with Crippen molar-refractivity contribution in [3.05, 3.63) is 45.8 Å². The molecule has 0 N–H and O–H groups in total. The SMILES string of the molecule is O=C(CC1CSc2nc3c(cnn3-c3cccc(Cl)c3)c(=O)n21)N1CCCCC1. The first-order chi connectivity index (χ1) is 14.1. The lowest BCUT2D eigenvalue weighted by Gasteiger charge is -2.28. The van der Waals surface area contributed by atoms with Crippen LogP contribution in [0.4, 0.5) is 0 Å². The average Bonchev–Trinajstić information content (AvgIpc) is 3.34. The standard InChI is InChI=1S/C20H20ClN5O2S/c21-13-5-4-6-14(9-13)26-18-16(11-22-26)19(28)25-15(12-29-20(25)23-18)10-17(27)24-7-2-1-3-8-24/h4-6,9,11,15H,1-3,7-8,10,12H2. The molecule has 0 aliphatic carbocycles. The van der Waals surface area contributed by atoms with Gasteiger partial charge < -0.3 is 4.90 Å². The fraction of sp³-hybridized carbons (Fsp3) is 0.400. The Morgan fingerprint density at radius 2 is 2.07 bits per heavy atom. The van der Waals surface area contributed by atoms with Crippen molar-refractivity contribution in [2.24, 2.45) is 0 Å². The van der Waals surface area contributed by atoms with Gasteiger partial charge in [-0.3, -0.25) is 14.2 Å². The molecular formula is C20H20ClN5O2S. The van der Waals surface area contributed by atoms with Gasteiger partial charge in [0.15, 0.2) is 10.8 Å². The predicted octanol–water partition coefficient (Wildman–Crippen LogP) is 3.29. The van der Waals surface area contributed by atoms with E-state index in [9.17, 15) is 9.59 Å². The zero-order valence-corrected chi connectivity index (χ0v) is 17.3. The second kappa shape index (κ2) is 7.50. The fourth-order valence-electron chi connectivity index (χ4n) is 4.05. The van der Waals surface area contributed by atoms with E-state index < -0.39 is 0 Å². The van der Waals surface area contributed by atoms with Crippen molar-refractivity contribution in [2.75, 3.05) is 18.8 Å². The highest BCUT2D eigenvalue weighted by molar-refractivity contribution is 7.99. The van der Waals surface area contributed by atoms with Gasteiger partial charge in [0.05, 0.1) is 17.9 Å². The molecule has 7 nitrogen and oxygen atoms in total. The van der Waals surface area contributed by atoms with Gasteiger partial charge in [-0.25, -0.2) is 9.67 Å². The van der Waals surface area contributed by atoms with Gasteiger partial charge in [-0.1, -0.05) is 29.4 Å². The first-order valence-corrected chi connectivity index (χ1v) is 11.1. The molecule has 150 valence electrons. The molecule has 2 aliphatic heterocycles. The maximum atomic E-state index is 13.2. The van der Waals surface area contributed by atoms with Crippen LogP contribution in [0, 0.1) is 0 Å².